The van der Waals surface area contributed by atoms with E-state index in [1.54, 1.807) is 0 Å². The number of carbonyl (C=O) groups excluding carboxylic acids is 1. The third kappa shape index (κ3) is 2.81. The minimum Gasteiger partial charge on any atom is -0.486 e. The largest absolute Gasteiger partial charge is 0.486 e. The number of ether oxygens (including phenoxy) is 1. The molecule has 1 aliphatic carbocycles. The van der Waals surface area contributed by atoms with Gasteiger partial charge in [-0.25, -0.2) is 4.39 Å². The fourth-order valence-electron chi connectivity index (χ4n) is 2.05. The Bertz CT molecular complexity index is 353. The van der Waals surface area contributed by atoms with Gasteiger partial charge >= 0.3 is 0 Å². The van der Waals surface area contributed by atoms with Crippen LogP contribution in [0, 0.1) is 11.7 Å². The Balaban J connectivity index is 1.82. The van der Waals surface area contributed by atoms with E-state index in [9.17, 15) is 9.18 Å². The van der Waals surface area contributed by atoms with Gasteiger partial charge in [0.15, 0.2) is 5.78 Å². The topological polar surface area (TPSA) is 26.3 Å². The lowest BCUT2D eigenvalue weighted by atomic mass is 10.0. The Morgan fingerprint density at radius 1 is 1.25 bits per heavy atom. The Labute approximate surface area is 94.4 Å². The van der Waals surface area contributed by atoms with Gasteiger partial charge in [-0.05, 0) is 37.1 Å². The molecule has 0 radical (unpaired) electrons. The van der Waals surface area contributed by atoms with E-state index in [0.29, 0.717) is 5.75 Å². The van der Waals surface area contributed by atoms with Crippen LogP contribution < -0.4 is 4.74 Å². The van der Waals surface area contributed by atoms with E-state index in [0.717, 1.165) is 25.7 Å². The molecule has 0 N–H and O–H groups in total. The summed E-state index contributed by atoms with van der Waals surface area (Å²) in [5, 5.41) is 0. The highest BCUT2D eigenvalue weighted by Gasteiger charge is 2.22. The van der Waals surface area contributed by atoms with Crippen molar-refractivity contribution in [3.63, 3.8) is 0 Å². The first-order chi connectivity index (χ1) is 7.75. The summed E-state index contributed by atoms with van der Waals surface area (Å²) in [5.41, 5.74) is 0. The van der Waals surface area contributed by atoms with Crippen molar-refractivity contribution in [2.24, 2.45) is 5.92 Å². The summed E-state index contributed by atoms with van der Waals surface area (Å²) in [7, 11) is 0. The van der Waals surface area contributed by atoms with Crippen molar-refractivity contribution in [2.45, 2.75) is 25.7 Å². The fourth-order valence-corrected chi connectivity index (χ4v) is 2.05. The van der Waals surface area contributed by atoms with Crippen LogP contribution in [0.2, 0.25) is 0 Å². The second-order valence-electron chi connectivity index (χ2n) is 4.19. The first kappa shape index (κ1) is 11.1. The standard InChI is InChI=1S/C13H15FO2/c14-11-5-7-12(8-6-11)16-9-13(15)10-3-1-2-4-10/h5-8,10H,1-4,9H2. The predicted octanol–water partition coefficient (Wildman–Crippen LogP) is 2.96. The quantitative estimate of drug-likeness (QED) is 0.782. The van der Waals surface area contributed by atoms with Crippen LogP contribution in [-0.4, -0.2) is 12.4 Å². The van der Waals surface area contributed by atoms with Crippen molar-refractivity contribution >= 4 is 5.78 Å². The van der Waals surface area contributed by atoms with Crippen molar-refractivity contribution in [3.8, 4) is 5.75 Å². The van der Waals surface area contributed by atoms with E-state index < -0.39 is 0 Å². The Kier molecular flexibility index (Phi) is 3.54. The minimum absolute atomic E-state index is 0.107. The zero-order chi connectivity index (χ0) is 11.4. The van der Waals surface area contributed by atoms with E-state index in [4.69, 9.17) is 4.74 Å². The van der Waals surface area contributed by atoms with Gasteiger partial charge in [0, 0.05) is 5.92 Å². The molecule has 1 aliphatic rings. The van der Waals surface area contributed by atoms with Gasteiger partial charge < -0.3 is 4.74 Å². The number of Topliss-reactive ketones (excluding diaryl/α,β-unsaturated/α-hetero) is 1. The second-order valence-corrected chi connectivity index (χ2v) is 4.19. The molecule has 0 aliphatic heterocycles. The summed E-state index contributed by atoms with van der Waals surface area (Å²) >= 11 is 0. The molecule has 0 unspecified atom stereocenters. The number of hydrogen-bond donors (Lipinski definition) is 0. The highest BCUT2D eigenvalue weighted by atomic mass is 19.1. The molecule has 1 fully saturated rings. The molecule has 0 heterocycles. The molecule has 0 bridgehead atoms. The van der Waals surface area contributed by atoms with Crippen LogP contribution in [0.1, 0.15) is 25.7 Å². The van der Waals surface area contributed by atoms with Crippen LogP contribution in [0.4, 0.5) is 4.39 Å². The van der Waals surface area contributed by atoms with Crippen molar-refractivity contribution in [1.29, 1.82) is 0 Å². The van der Waals surface area contributed by atoms with Crippen LogP contribution in [0.5, 0.6) is 5.75 Å². The fraction of sp³-hybridized carbons (Fsp3) is 0.462. The zero-order valence-corrected chi connectivity index (χ0v) is 9.12. The van der Waals surface area contributed by atoms with E-state index in [2.05, 4.69) is 0 Å². The first-order valence-electron chi connectivity index (χ1n) is 5.67. The van der Waals surface area contributed by atoms with Gasteiger partial charge in [-0.15, -0.1) is 0 Å². The summed E-state index contributed by atoms with van der Waals surface area (Å²) in [5.74, 6) is 0.601. The molecule has 16 heavy (non-hydrogen) atoms. The third-order valence-corrected chi connectivity index (χ3v) is 3.01. The molecule has 2 nitrogen and oxygen atoms in total. The number of benzene rings is 1. The summed E-state index contributed by atoms with van der Waals surface area (Å²) in [6, 6.07) is 5.74. The van der Waals surface area contributed by atoms with Gasteiger partial charge in [-0.1, -0.05) is 12.8 Å². The summed E-state index contributed by atoms with van der Waals surface area (Å²) in [6.45, 7) is 0.107. The molecule has 0 spiro atoms. The molecule has 0 saturated heterocycles. The minimum atomic E-state index is -0.297. The average molecular weight is 222 g/mol. The van der Waals surface area contributed by atoms with Crippen LogP contribution in [0.15, 0.2) is 24.3 Å². The number of ketones is 1. The van der Waals surface area contributed by atoms with Crippen LogP contribution >= 0.6 is 0 Å². The van der Waals surface area contributed by atoms with Gasteiger partial charge in [-0.2, -0.15) is 0 Å². The molecule has 2 rings (SSSR count). The monoisotopic (exact) mass is 222 g/mol. The average Bonchev–Trinajstić information content (AvgIpc) is 2.81. The molecule has 0 atom stereocenters. The number of hydrogen-bond acceptors (Lipinski definition) is 2. The SMILES string of the molecule is O=C(COc1ccc(F)cc1)C1CCCC1. The normalized spacial score (nSPS) is 16.3. The highest BCUT2D eigenvalue weighted by molar-refractivity contribution is 5.82. The summed E-state index contributed by atoms with van der Waals surface area (Å²) in [4.78, 5) is 11.7. The second kappa shape index (κ2) is 5.10. The molecule has 1 saturated carbocycles. The van der Waals surface area contributed by atoms with Gasteiger partial charge in [-0.3, -0.25) is 4.79 Å². The molecule has 3 heteroatoms. The molecule has 0 aromatic heterocycles. The van der Waals surface area contributed by atoms with Gasteiger partial charge in [0.25, 0.3) is 0 Å². The maximum atomic E-state index is 12.6. The predicted molar refractivity (Wildman–Crippen MR) is 58.9 cm³/mol. The lowest BCUT2D eigenvalue weighted by Gasteiger charge is -2.09. The Morgan fingerprint density at radius 2 is 1.88 bits per heavy atom. The van der Waals surface area contributed by atoms with E-state index >= 15 is 0 Å². The maximum Gasteiger partial charge on any atom is 0.173 e. The Morgan fingerprint density at radius 3 is 2.50 bits per heavy atom. The molecular weight excluding hydrogens is 207 g/mol. The van der Waals surface area contributed by atoms with E-state index in [1.807, 2.05) is 0 Å². The van der Waals surface area contributed by atoms with Crippen LogP contribution in [0.3, 0.4) is 0 Å². The first-order valence-corrected chi connectivity index (χ1v) is 5.67. The van der Waals surface area contributed by atoms with Crippen LogP contribution in [-0.2, 0) is 4.79 Å². The third-order valence-electron chi connectivity index (χ3n) is 3.01. The lowest BCUT2D eigenvalue weighted by molar-refractivity contribution is -0.124. The lowest BCUT2D eigenvalue weighted by Crippen LogP contribution is -2.19. The molecule has 1 aromatic rings. The number of rotatable bonds is 4. The molecule has 1 aromatic carbocycles. The molecule has 0 amide bonds. The van der Waals surface area contributed by atoms with Gasteiger partial charge in [0.1, 0.15) is 18.2 Å². The number of halogens is 1. The molecule has 86 valence electrons. The Hall–Kier alpha value is -1.38. The summed E-state index contributed by atoms with van der Waals surface area (Å²) < 4.78 is 17.9. The highest BCUT2D eigenvalue weighted by Crippen LogP contribution is 2.25. The van der Waals surface area contributed by atoms with Gasteiger partial charge in [0.05, 0.1) is 0 Å². The number of carbonyl (C=O) groups is 1. The van der Waals surface area contributed by atoms with Crippen molar-refractivity contribution in [1.82, 2.24) is 0 Å². The van der Waals surface area contributed by atoms with Gasteiger partial charge in [0.2, 0.25) is 0 Å². The molecular formula is C13H15FO2. The van der Waals surface area contributed by atoms with E-state index in [1.165, 1.54) is 24.3 Å². The van der Waals surface area contributed by atoms with Crippen molar-refractivity contribution < 1.29 is 13.9 Å². The zero-order valence-electron chi connectivity index (χ0n) is 9.12. The van der Waals surface area contributed by atoms with E-state index in [-0.39, 0.29) is 24.1 Å². The summed E-state index contributed by atoms with van der Waals surface area (Å²) in [6.07, 6.45) is 4.27. The maximum absolute atomic E-state index is 12.6. The van der Waals surface area contributed by atoms with Crippen molar-refractivity contribution in [2.75, 3.05) is 6.61 Å². The van der Waals surface area contributed by atoms with Crippen molar-refractivity contribution in [3.05, 3.63) is 30.1 Å². The van der Waals surface area contributed by atoms with Crippen LogP contribution in [0.25, 0.3) is 0 Å². The smallest absolute Gasteiger partial charge is 0.173 e.